The number of amides is 1. The fourth-order valence-electron chi connectivity index (χ4n) is 0.439. The van der Waals surface area contributed by atoms with Crippen LogP contribution in [0.25, 0.3) is 0 Å². The van der Waals surface area contributed by atoms with E-state index in [0.717, 1.165) is 0 Å². The molecule has 0 aliphatic heterocycles. The normalized spacial score (nSPS) is 12.2. The molecule has 0 aliphatic carbocycles. The molecule has 4 nitrogen and oxygen atoms in total. The van der Waals surface area contributed by atoms with Crippen LogP contribution in [0.1, 0.15) is 13.8 Å². The maximum atomic E-state index is 9.80. The minimum absolute atomic E-state index is 0.283. The molecule has 0 aromatic carbocycles. The van der Waals surface area contributed by atoms with E-state index in [9.17, 15) is 4.79 Å². The van der Waals surface area contributed by atoms with Crippen molar-refractivity contribution in [1.82, 2.24) is 0 Å². The number of aliphatic hydroxyl groups excluding tert-OH is 1. The SMILES string of the molecule is CCOC(O)=[C+]C(C)=NC=O. The van der Waals surface area contributed by atoms with Crippen LogP contribution in [0, 0.1) is 6.08 Å². The summed E-state index contributed by atoms with van der Waals surface area (Å²) >= 11 is 0. The number of carbonyl (C=O) groups is 1. The van der Waals surface area contributed by atoms with Crippen molar-refractivity contribution in [3.63, 3.8) is 0 Å². The Morgan fingerprint density at radius 3 is 2.91 bits per heavy atom. The summed E-state index contributed by atoms with van der Waals surface area (Å²) in [5.74, 6) is -0.351. The highest BCUT2D eigenvalue weighted by Gasteiger charge is 2.12. The molecular formula is C7H10NO3+. The highest BCUT2D eigenvalue weighted by molar-refractivity contribution is 5.93. The molecule has 0 aromatic rings. The van der Waals surface area contributed by atoms with Crippen LogP contribution in [-0.4, -0.2) is 23.8 Å². The third-order valence-corrected chi connectivity index (χ3v) is 0.815. The summed E-state index contributed by atoms with van der Waals surface area (Å²) in [6, 6.07) is 0. The van der Waals surface area contributed by atoms with E-state index >= 15 is 0 Å². The molecule has 11 heavy (non-hydrogen) atoms. The first kappa shape index (κ1) is 9.59. The zero-order chi connectivity index (χ0) is 8.69. The van der Waals surface area contributed by atoms with Crippen molar-refractivity contribution < 1.29 is 14.6 Å². The Morgan fingerprint density at radius 1 is 1.82 bits per heavy atom. The van der Waals surface area contributed by atoms with Gasteiger partial charge in [-0.05, 0) is 6.92 Å². The van der Waals surface area contributed by atoms with Gasteiger partial charge in [-0.3, -0.25) is 4.79 Å². The molecule has 0 unspecified atom stereocenters. The lowest BCUT2D eigenvalue weighted by Crippen LogP contribution is -1.95. The summed E-state index contributed by atoms with van der Waals surface area (Å²) in [4.78, 5) is 13.1. The van der Waals surface area contributed by atoms with Gasteiger partial charge in [0.1, 0.15) is 0 Å². The Bertz CT molecular complexity index is 184. The molecule has 0 aromatic heterocycles. The van der Waals surface area contributed by atoms with Crippen LogP contribution < -0.4 is 0 Å². The lowest BCUT2D eigenvalue weighted by atomic mass is 10.4. The zero-order valence-electron chi connectivity index (χ0n) is 6.50. The van der Waals surface area contributed by atoms with Crippen molar-refractivity contribution >= 4 is 12.1 Å². The van der Waals surface area contributed by atoms with E-state index < -0.39 is 0 Å². The number of aliphatic hydroxyl groups is 1. The van der Waals surface area contributed by atoms with Crippen LogP contribution in [0.3, 0.4) is 0 Å². The summed E-state index contributed by atoms with van der Waals surface area (Å²) in [5.41, 5.74) is 0.283. The van der Waals surface area contributed by atoms with E-state index in [0.29, 0.717) is 13.0 Å². The summed E-state index contributed by atoms with van der Waals surface area (Å²) in [6.45, 7) is 3.61. The topological polar surface area (TPSA) is 58.9 Å². The number of nitrogens with zero attached hydrogens (tertiary/aromatic N) is 1. The van der Waals surface area contributed by atoms with Gasteiger partial charge in [-0.1, -0.05) is 0 Å². The van der Waals surface area contributed by atoms with Crippen LogP contribution >= 0.6 is 0 Å². The van der Waals surface area contributed by atoms with Gasteiger partial charge in [0, 0.05) is 6.92 Å². The van der Waals surface area contributed by atoms with Crippen molar-refractivity contribution in [3.05, 3.63) is 12.0 Å². The zero-order valence-corrected chi connectivity index (χ0v) is 6.50. The third-order valence-electron chi connectivity index (χ3n) is 0.815. The van der Waals surface area contributed by atoms with Crippen molar-refractivity contribution in [2.24, 2.45) is 4.99 Å². The molecule has 0 fully saturated rings. The molecule has 0 heterocycles. The van der Waals surface area contributed by atoms with Gasteiger partial charge in [-0.15, -0.1) is 0 Å². The van der Waals surface area contributed by atoms with Gasteiger partial charge in [0.05, 0.1) is 6.61 Å². The number of ether oxygens (including phenoxy) is 1. The van der Waals surface area contributed by atoms with Crippen molar-refractivity contribution in [3.8, 4) is 0 Å². The molecule has 0 radical (unpaired) electrons. The van der Waals surface area contributed by atoms with Gasteiger partial charge in [0.2, 0.25) is 6.41 Å². The van der Waals surface area contributed by atoms with Gasteiger partial charge in [-0.25, -0.2) is 0 Å². The van der Waals surface area contributed by atoms with E-state index in [1.54, 1.807) is 6.92 Å². The highest BCUT2D eigenvalue weighted by atomic mass is 16.6. The molecule has 0 aliphatic rings. The molecule has 0 spiro atoms. The number of rotatable bonds is 4. The van der Waals surface area contributed by atoms with E-state index in [2.05, 4.69) is 15.8 Å². The van der Waals surface area contributed by atoms with E-state index in [1.165, 1.54) is 6.92 Å². The van der Waals surface area contributed by atoms with Gasteiger partial charge < -0.3 is 9.84 Å². The molecule has 0 saturated heterocycles. The first-order valence-electron chi connectivity index (χ1n) is 3.14. The van der Waals surface area contributed by atoms with Crippen LogP contribution in [0.4, 0.5) is 0 Å². The maximum Gasteiger partial charge on any atom is 0.547 e. The standard InChI is InChI=1S/C7H9NO3/c1-3-11-7(10)4-6(2)8-5-9/h5H,3H2,1-2H3/p+1. The van der Waals surface area contributed by atoms with Gasteiger partial charge in [0.25, 0.3) is 5.71 Å². The number of carbonyl (C=O) groups excluding carboxylic acids is 1. The number of hydrogen-bond acceptors (Lipinski definition) is 3. The predicted octanol–water partition coefficient (Wildman–Crippen LogP) is 0.843. The number of hydrogen-bond donors (Lipinski definition) is 1. The molecule has 0 rings (SSSR count). The molecule has 1 N–H and O–H groups in total. The minimum atomic E-state index is -0.351. The molecule has 60 valence electrons. The number of aliphatic imine (C=N–C) groups is 1. The first-order chi connectivity index (χ1) is 5.20. The Kier molecular flexibility index (Phi) is 4.69. The van der Waals surface area contributed by atoms with Gasteiger partial charge in [0.15, 0.2) is 0 Å². The molecule has 1 amide bonds. The summed E-state index contributed by atoms with van der Waals surface area (Å²) in [5, 5.41) is 8.83. The Labute approximate surface area is 65.2 Å². The fraction of sp³-hybridized carbons (Fsp3) is 0.429. The number of allylic oxidation sites excluding steroid dienone is 1. The van der Waals surface area contributed by atoms with E-state index in [4.69, 9.17) is 5.11 Å². The third kappa shape index (κ3) is 5.06. The average Bonchev–Trinajstić information content (AvgIpc) is 1.87. The van der Waals surface area contributed by atoms with Crippen molar-refractivity contribution in [1.29, 1.82) is 0 Å². The smallest absolute Gasteiger partial charge is 0.439 e. The summed E-state index contributed by atoms with van der Waals surface area (Å²) in [6.07, 6.45) is 2.73. The van der Waals surface area contributed by atoms with Crippen LogP contribution in [0.15, 0.2) is 10.9 Å². The lowest BCUT2D eigenvalue weighted by Gasteiger charge is -1.87. The van der Waals surface area contributed by atoms with Gasteiger partial charge in [-0.2, -0.15) is 4.99 Å². The monoisotopic (exact) mass is 156 g/mol. The predicted molar refractivity (Wildman–Crippen MR) is 40.2 cm³/mol. The Hall–Kier alpha value is -1.41. The van der Waals surface area contributed by atoms with E-state index in [1.807, 2.05) is 0 Å². The first-order valence-corrected chi connectivity index (χ1v) is 3.14. The van der Waals surface area contributed by atoms with Crippen LogP contribution in [-0.2, 0) is 9.53 Å². The van der Waals surface area contributed by atoms with Gasteiger partial charge >= 0.3 is 12.0 Å². The summed E-state index contributed by atoms with van der Waals surface area (Å²) < 4.78 is 4.62. The maximum absolute atomic E-state index is 9.80. The van der Waals surface area contributed by atoms with Crippen molar-refractivity contribution in [2.75, 3.05) is 6.61 Å². The second-order valence-electron chi connectivity index (χ2n) is 1.68. The molecule has 4 heteroatoms. The fourth-order valence-corrected chi connectivity index (χ4v) is 0.439. The Balaban J connectivity index is 4.06. The molecule has 0 bridgehead atoms. The Morgan fingerprint density at radius 2 is 2.45 bits per heavy atom. The molecule has 0 atom stereocenters. The highest BCUT2D eigenvalue weighted by Crippen LogP contribution is 1.90. The largest absolute Gasteiger partial charge is 0.547 e. The average molecular weight is 156 g/mol. The second kappa shape index (κ2) is 5.38. The lowest BCUT2D eigenvalue weighted by molar-refractivity contribution is -0.106. The van der Waals surface area contributed by atoms with Crippen molar-refractivity contribution in [2.45, 2.75) is 13.8 Å². The van der Waals surface area contributed by atoms with Crippen LogP contribution in [0.5, 0.6) is 0 Å². The molecular weight excluding hydrogens is 146 g/mol. The quantitative estimate of drug-likeness (QED) is 0.284. The van der Waals surface area contributed by atoms with Crippen LogP contribution in [0.2, 0.25) is 0 Å². The summed E-state index contributed by atoms with van der Waals surface area (Å²) in [7, 11) is 0. The molecule has 0 saturated carbocycles. The second-order valence-corrected chi connectivity index (χ2v) is 1.68. The minimum Gasteiger partial charge on any atom is -0.439 e. The van der Waals surface area contributed by atoms with E-state index in [-0.39, 0.29) is 11.7 Å².